The van der Waals surface area contributed by atoms with Crippen molar-refractivity contribution in [3.63, 3.8) is 0 Å². The van der Waals surface area contributed by atoms with E-state index in [1.54, 1.807) is 0 Å². The molecule has 0 aliphatic heterocycles. The Morgan fingerprint density at radius 1 is 0.708 bits per heavy atom. The second-order valence-electron chi connectivity index (χ2n) is 5.24. The Morgan fingerprint density at radius 2 is 1.08 bits per heavy atom. The molecule has 4 rings (SSSR count). The Bertz CT molecular complexity index is 1200. The molecule has 8 heteroatoms. The summed E-state index contributed by atoms with van der Waals surface area (Å²) in [6.07, 6.45) is 0. The zero-order valence-electron chi connectivity index (χ0n) is 11.9. The number of fused-ring (bicyclic) bond motifs is 5. The van der Waals surface area contributed by atoms with Crippen molar-refractivity contribution in [1.82, 2.24) is 9.03 Å². The molecule has 2 aromatic heterocycles. The summed E-state index contributed by atoms with van der Waals surface area (Å²) in [6.45, 7) is 0. The summed E-state index contributed by atoms with van der Waals surface area (Å²) in [5.41, 5.74) is -1.54. The van der Waals surface area contributed by atoms with Gasteiger partial charge >= 0.3 is 11.9 Å². The number of hydrogen-bond donors (Lipinski definition) is 2. The molecule has 4 aromatic rings. The predicted octanol–water partition coefficient (Wildman–Crippen LogP) is 0.900. The van der Waals surface area contributed by atoms with Crippen LogP contribution in [0.15, 0.2) is 46.0 Å². The van der Waals surface area contributed by atoms with Gasteiger partial charge < -0.3 is 10.2 Å². The number of hydrogen-bond acceptors (Lipinski definition) is 4. The molecule has 0 amide bonds. The predicted molar refractivity (Wildman–Crippen MR) is 83.5 cm³/mol. The molecule has 0 saturated carbocycles. The van der Waals surface area contributed by atoms with E-state index in [4.69, 9.17) is 0 Å². The SMILES string of the molecule is O=C(O)c1cccc2c1c(=O)n1c3cccc(C(=O)O)c3c(=O)n21. The van der Waals surface area contributed by atoms with Crippen LogP contribution in [-0.2, 0) is 0 Å². The fourth-order valence-corrected chi connectivity index (χ4v) is 3.07. The van der Waals surface area contributed by atoms with Gasteiger partial charge in [0.1, 0.15) is 0 Å². The Labute approximate surface area is 131 Å². The summed E-state index contributed by atoms with van der Waals surface area (Å²) < 4.78 is 2.03. The van der Waals surface area contributed by atoms with Gasteiger partial charge in [0.05, 0.1) is 32.9 Å². The van der Waals surface area contributed by atoms with Crippen molar-refractivity contribution in [3.05, 3.63) is 68.2 Å². The zero-order valence-corrected chi connectivity index (χ0v) is 11.9. The van der Waals surface area contributed by atoms with Crippen molar-refractivity contribution >= 4 is 33.7 Å². The fraction of sp³-hybridized carbons (Fsp3) is 0. The molecular weight excluding hydrogens is 316 g/mol. The van der Waals surface area contributed by atoms with Gasteiger partial charge in [0, 0.05) is 0 Å². The minimum atomic E-state index is -1.28. The van der Waals surface area contributed by atoms with Crippen molar-refractivity contribution in [1.29, 1.82) is 0 Å². The third-order valence-corrected chi connectivity index (χ3v) is 4.01. The van der Waals surface area contributed by atoms with Gasteiger partial charge in [0.2, 0.25) is 0 Å². The monoisotopic (exact) mass is 324 g/mol. The second kappa shape index (κ2) is 4.42. The Kier molecular flexibility index (Phi) is 2.57. The van der Waals surface area contributed by atoms with E-state index in [1.807, 2.05) is 0 Å². The maximum Gasteiger partial charge on any atom is 0.336 e. The lowest BCUT2D eigenvalue weighted by atomic mass is 10.1. The van der Waals surface area contributed by atoms with Crippen molar-refractivity contribution in [2.75, 3.05) is 0 Å². The highest BCUT2D eigenvalue weighted by Crippen LogP contribution is 2.20. The second-order valence-corrected chi connectivity index (χ2v) is 5.24. The molecule has 0 radical (unpaired) electrons. The Hall–Kier alpha value is -3.68. The summed E-state index contributed by atoms with van der Waals surface area (Å²) in [5.74, 6) is -2.57. The van der Waals surface area contributed by atoms with Crippen LogP contribution in [0.4, 0.5) is 0 Å². The average Bonchev–Trinajstić information content (AvgIpc) is 3.02. The van der Waals surface area contributed by atoms with Crippen LogP contribution in [-0.4, -0.2) is 31.2 Å². The minimum Gasteiger partial charge on any atom is -0.478 e. The van der Waals surface area contributed by atoms with Crippen LogP contribution in [0, 0.1) is 0 Å². The van der Waals surface area contributed by atoms with Gasteiger partial charge in [0.25, 0.3) is 11.1 Å². The first-order valence-corrected chi connectivity index (χ1v) is 6.85. The van der Waals surface area contributed by atoms with Crippen molar-refractivity contribution in [2.24, 2.45) is 0 Å². The molecule has 118 valence electrons. The topological polar surface area (TPSA) is 118 Å². The van der Waals surface area contributed by atoms with Crippen molar-refractivity contribution < 1.29 is 19.8 Å². The van der Waals surface area contributed by atoms with Gasteiger partial charge in [-0.3, -0.25) is 9.59 Å². The van der Waals surface area contributed by atoms with E-state index >= 15 is 0 Å². The van der Waals surface area contributed by atoms with E-state index in [0.717, 1.165) is 9.03 Å². The van der Waals surface area contributed by atoms with Crippen LogP contribution in [0.1, 0.15) is 20.7 Å². The zero-order chi connectivity index (χ0) is 17.2. The molecule has 2 N–H and O–H groups in total. The maximum absolute atomic E-state index is 12.7. The quantitative estimate of drug-likeness (QED) is 0.565. The third-order valence-electron chi connectivity index (χ3n) is 4.01. The smallest absolute Gasteiger partial charge is 0.336 e. The molecule has 2 heterocycles. The molecule has 0 aliphatic carbocycles. The van der Waals surface area contributed by atoms with Crippen LogP contribution in [0.5, 0.6) is 0 Å². The van der Waals surface area contributed by atoms with Gasteiger partial charge in [-0.05, 0) is 24.3 Å². The van der Waals surface area contributed by atoms with E-state index in [-0.39, 0.29) is 32.9 Å². The Morgan fingerprint density at radius 3 is 1.42 bits per heavy atom. The van der Waals surface area contributed by atoms with Crippen molar-refractivity contribution in [3.8, 4) is 0 Å². The molecule has 2 aromatic carbocycles. The molecule has 0 aliphatic rings. The molecule has 0 spiro atoms. The number of aromatic carboxylic acids is 2. The van der Waals surface area contributed by atoms with Gasteiger partial charge in [-0.15, -0.1) is 0 Å². The number of rotatable bonds is 2. The third kappa shape index (κ3) is 1.51. The van der Waals surface area contributed by atoms with E-state index in [9.17, 15) is 29.4 Å². The van der Waals surface area contributed by atoms with E-state index in [2.05, 4.69) is 0 Å². The first-order chi connectivity index (χ1) is 11.4. The van der Waals surface area contributed by atoms with E-state index in [0.29, 0.717) is 0 Å². The van der Waals surface area contributed by atoms with Crippen LogP contribution in [0.3, 0.4) is 0 Å². The van der Waals surface area contributed by atoms with Crippen LogP contribution >= 0.6 is 0 Å². The molecule has 0 saturated heterocycles. The molecule has 24 heavy (non-hydrogen) atoms. The summed E-state index contributed by atoms with van der Waals surface area (Å²) in [4.78, 5) is 48.1. The summed E-state index contributed by atoms with van der Waals surface area (Å²) >= 11 is 0. The van der Waals surface area contributed by atoms with Crippen LogP contribution < -0.4 is 11.1 Å². The molecule has 8 nitrogen and oxygen atoms in total. The molecule has 0 atom stereocenters. The van der Waals surface area contributed by atoms with E-state index < -0.39 is 23.1 Å². The van der Waals surface area contributed by atoms with Gasteiger partial charge in [-0.25, -0.2) is 18.6 Å². The summed E-state index contributed by atoms with van der Waals surface area (Å²) in [6, 6.07) is 8.30. The highest BCUT2D eigenvalue weighted by atomic mass is 16.4. The standard InChI is InChI=1S/C16H8N2O6/c19-13-11-7(15(21)22)3-1-5-9(11)17-14(20)12-8(16(23)24)4-2-6-10(12)18(13)17/h1-6H,(H,21,22)(H,23,24). The fourth-order valence-electron chi connectivity index (χ4n) is 3.07. The number of carboxylic acids is 2. The number of aromatic nitrogens is 2. The van der Waals surface area contributed by atoms with Gasteiger partial charge in [-0.2, -0.15) is 0 Å². The number of carboxylic acid groups (broad SMARTS) is 2. The van der Waals surface area contributed by atoms with Crippen molar-refractivity contribution in [2.45, 2.75) is 0 Å². The van der Waals surface area contributed by atoms with Crippen LogP contribution in [0.25, 0.3) is 21.8 Å². The highest BCUT2D eigenvalue weighted by molar-refractivity contribution is 6.05. The lowest BCUT2D eigenvalue weighted by Gasteiger charge is -1.96. The average molecular weight is 324 g/mol. The minimum absolute atomic E-state index is 0.0928. The number of carbonyl (C=O) groups is 2. The lowest BCUT2D eigenvalue weighted by Crippen LogP contribution is -2.14. The first-order valence-electron chi connectivity index (χ1n) is 6.85. The molecule has 0 unspecified atom stereocenters. The largest absolute Gasteiger partial charge is 0.478 e. The normalized spacial score (nSPS) is 11.5. The molecular formula is C16H8N2O6. The molecule has 0 bridgehead atoms. The highest BCUT2D eigenvalue weighted by Gasteiger charge is 2.24. The van der Waals surface area contributed by atoms with Gasteiger partial charge in [0.15, 0.2) is 0 Å². The number of nitrogens with zero attached hydrogens (tertiary/aromatic N) is 2. The summed E-state index contributed by atoms with van der Waals surface area (Å²) in [7, 11) is 0. The first kappa shape index (κ1) is 13.9. The molecule has 0 fully saturated rings. The van der Waals surface area contributed by atoms with E-state index in [1.165, 1.54) is 36.4 Å². The lowest BCUT2D eigenvalue weighted by molar-refractivity contribution is 0.0688. The van der Waals surface area contributed by atoms with Gasteiger partial charge in [-0.1, -0.05) is 12.1 Å². The number of benzene rings is 2. The Balaban J connectivity index is 2.38. The van der Waals surface area contributed by atoms with Crippen LogP contribution in [0.2, 0.25) is 0 Å². The maximum atomic E-state index is 12.7. The summed E-state index contributed by atoms with van der Waals surface area (Å²) in [5, 5.41) is 18.3.